The Kier molecular flexibility index (Phi) is 9.43. The topological polar surface area (TPSA) is 116 Å². The summed E-state index contributed by atoms with van der Waals surface area (Å²) in [4.78, 5) is 21.0. The van der Waals surface area contributed by atoms with Crippen molar-refractivity contribution in [3.8, 4) is 5.75 Å². The smallest absolute Gasteiger partial charge is 0.232 e. The fourth-order valence-corrected chi connectivity index (χ4v) is 7.55. The van der Waals surface area contributed by atoms with Gasteiger partial charge in [-0.2, -0.15) is 4.98 Å². The van der Waals surface area contributed by atoms with Crippen molar-refractivity contribution in [3.05, 3.63) is 79.1 Å². The Morgan fingerprint density at radius 3 is 2.18 bits per heavy atom. The molecule has 2 aliphatic heterocycles. The molecule has 6 rings (SSSR count). The van der Waals surface area contributed by atoms with Crippen LogP contribution in [0.25, 0.3) is 0 Å². The van der Waals surface area contributed by atoms with Crippen molar-refractivity contribution >= 4 is 38.8 Å². The van der Waals surface area contributed by atoms with Crippen molar-refractivity contribution < 1.29 is 13.2 Å². The maximum Gasteiger partial charge on any atom is 0.232 e. The third-order valence-corrected chi connectivity index (χ3v) is 10.5. The molecule has 0 amide bonds. The van der Waals surface area contributed by atoms with Crippen LogP contribution in [0.5, 0.6) is 5.75 Å². The molecule has 0 spiro atoms. The highest BCUT2D eigenvalue weighted by Crippen LogP contribution is 2.33. The number of ether oxygens (including phenoxy) is 1. The summed E-state index contributed by atoms with van der Waals surface area (Å²) in [5.41, 5.74) is 2.20. The molecule has 0 saturated carbocycles. The van der Waals surface area contributed by atoms with Crippen LogP contribution in [0.1, 0.15) is 19.8 Å². The van der Waals surface area contributed by atoms with Crippen LogP contribution in [0.15, 0.2) is 88.9 Å². The lowest BCUT2D eigenvalue weighted by molar-refractivity contribution is 0.106. The minimum absolute atomic E-state index is 0.131. The zero-order valence-corrected chi connectivity index (χ0v) is 26.6. The van der Waals surface area contributed by atoms with E-state index in [2.05, 4.69) is 53.3 Å². The Bertz CT molecular complexity index is 1690. The van der Waals surface area contributed by atoms with Gasteiger partial charge in [0.15, 0.2) is 0 Å². The van der Waals surface area contributed by atoms with Crippen LogP contribution in [-0.2, 0) is 9.84 Å². The predicted molar refractivity (Wildman–Crippen MR) is 177 cm³/mol. The molecule has 3 heterocycles. The first-order chi connectivity index (χ1) is 21.9. The van der Waals surface area contributed by atoms with Gasteiger partial charge in [0.25, 0.3) is 0 Å². The lowest BCUT2D eigenvalue weighted by atomic mass is 10.0. The van der Waals surface area contributed by atoms with Crippen molar-refractivity contribution in [2.45, 2.75) is 35.6 Å². The van der Waals surface area contributed by atoms with Crippen LogP contribution in [-0.4, -0.2) is 92.1 Å². The summed E-state index contributed by atoms with van der Waals surface area (Å²) in [6.45, 7) is 9.89. The molecule has 0 radical (unpaired) electrons. The molecule has 2 N–H and O–H groups in total. The number of para-hydroxylation sites is 1. The van der Waals surface area contributed by atoms with Gasteiger partial charge in [0.1, 0.15) is 12.1 Å². The van der Waals surface area contributed by atoms with Gasteiger partial charge in [-0.3, -0.25) is 4.90 Å². The first-order valence-electron chi connectivity index (χ1n) is 15.5. The van der Waals surface area contributed by atoms with Gasteiger partial charge in [0.2, 0.25) is 21.7 Å². The Morgan fingerprint density at radius 1 is 0.822 bits per heavy atom. The third kappa shape index (κ3) is 7.03. The predicted octanol–water partition coefficient (Wildman–Crippen LogP) is 4.81. The van der Waals surface area contributed by atoms with Gasteiger partial charge >= 0.3 is 0 Å². The second-order valence-electron chi connectivity index (χ2n) is 11.3. The second-order valence-corrected chi connectivity index (χ2v) is 13.2. The number of piperazine rings is 1. The van der Waals surface area contributed by atoms with Gasteiger partial charge in [-0.05, 0) is 68.9 Å². The number of sulfone groups is 1. The Morgan fingerprint density at radius 2 is 1.49 bits per heavy atom. The summed E-state index contributed by atoms with van der Waals surface area (Å²) < 4.78 is 32.4. The highest BCUT2D eigenvalue weighted by atomic mass is 32.2. The highest BCUT2D eigenvalue weighted by molar-refractivity contribution is 7.91. The molecule has 45 heavy (non-hydrogen) atoms. The maximum atomic E-state index is 13.3. The van der Waals surface area contributed by atoms with E-state index in [4.69, 9.17) is 4.74 Å². The Labute approximate surface area is 265 Å². The molecule has 3 aromatic carbocycles. The monoisotopic (exact) mass is 628 g/mol. The van der Waals surface area contributed by atoms with Gasteiger partial charge in [-0.25, -0.2) is 18.4 Å². The van der Waals surface area contributed by atoms with Crippen LogP contribution in [0.4, 0.5) is 29.0 Å². The van der Waals surface area contributed by atoms with Crippen molar-refractivity contribution in [1.82, 2.24) is 24.8 Å². The fraction of sp³-hybridized carbons (Fsp3) is 0.364. The molecular weight excluding hydrogens is 588 g/mol. The number of methoxy groups -OCH3 is 1. The van der Waals surface area contributed by atoms with E-state index in [-0.39, 0.29) is 15.7 Å². The zero-order chi connectivity index (χ0) is 31.2. The Balaban J connectivity index is 1.12. The molecule has 0 aliphatic carbocycles. The summed E-state index contributed by atoms with van der Waals surface area (Å²) in [7, 11) is -2.11. The number of hydrogen-bond donors (Lipinski definition) is 2. The average molecular weight is 629 g/mol. The summed E-state index contributed by atoms with van der Waals surface area (Å²) in [5, 5.41) is 6.29. The molecule has 4 aromatic rings. The molecular formula is C33H40N8O3S. The van der Waals surface area contributed by atoms with E-state index < -0.39 is 9.84 Å². The van der Waals surface area contributed by atoms with Gasteiger partial charge in [0, 0.05) is 44.0 Å². The number of rotatable bonds is 10. The summed E-state index contributed by atoms with van der Waals surface area (Å²) in [6, 6.07) is 21.8. The fourth-order valence-electron chi connectivity index (χ4n) is 6.11. The van der Waals surface area contributed by atoms with Crippen LogP contribution in [0, 0.1) is 0 Å². The lowest BCUT2D eigenvalue weighted by Crippen LogP contribution is -2.53. The molecule has 12 heteroatoms. The number of piperidine rings is 1. The normalized spacial score (nSPS) is 16.8. The standard InChI is InChI=1S/C33H40N8O3S/c1-3-39-17-15-25(16-18-39)40-19-21-41(22-20-40)26-13-14-28(30(23-26)44-2)36-32-34-24-35-33(38-32)37-29-11-7-8-12-31(29)45(42,43)27-9-5-4-6-10-27/h4-14,23-25H,3,15-22H2,1-2H3,(H2,34,35,36,37,38). The van der Waals surface area contributed by atoms with E-state index in [1.165, 1.54) is 32.3 Å². The quantitative estimate of drug-likeness (QED) is 0.252. The number of anilines is 5. The average Bonchev–Trinajstić information content (AvgIpc) is 3.09. The molecule has 11 nitrogen and oxygen atoms in total. The van der Waals surface area contributed by atoms with E-state index in [1.54, 1.807) is 61.7 Å². The minimum atomic E-state index is -3.76. The molecule has 0 bridgehead atoms. The summed E-state index contributed by atoms with van der Waals surface area (Å²) in [5.74, 6) is 1.18. The van der Waals surface area contributed by atoms with Crippen LogP contribution >= 0.6 is 0 Å². The van der Waals surface area contributed by atoms with Gasteiger partial charge < -0.3 is 25.2 Å². The summed E-state index contributed by atoms with van der Waals surface area (Å²) >= 11 is 0. The first kappa shape index (κ1) is 30.8. The van der Waals surface area contributed by atoms with E-state index in [1.807, 2.05) is 12.1 Å². The number of benzene rings is 3. The second kappa shape index (κ2) is 13.8. The minimum Gasteiger partial charge on any atom is -0.494 e. The van der Waals surface area contributed by atoms with Gasteiger partial charge in [-0.15, -0.1) is 0 Å². The van der Waals surface area contributed by atoms with E-state index >= 15 is 0 Å². The number of hydrogen-bond acceptors (Lipinski definition) is 11. The van der Waals surface area contributed by atoms with Gasteiger partial charge in [-0.1, -0.05) is 37.3 Å². The zero-order valence-electron chi connectivity index (χ0n) is 25.8. The largest absolute Gasteiger partial charge is 0.494 e. The van der Waals surface area contributed by atoms with Gasteiger partial charge in [0.05, 0.1) is 28.3 Å². The third-order valence-electron chi connectivity index (χ3n) is 8.68. The Hall–Kier alpha value is -4.26. The molecule has 2 saturated heterocycles. The van der Waals surface area contributed by atoms with Crippen molar-refractivity contribution in [3.63, 3.8) is 0 Å². The lowest BCUT2D eigenvalue weighted by Gasteiger charge is -2.43. The molecule has 1 aromatic heterocycles. The van der Waals surface area contributed by atoms with E-state index in [9.17, 15) is 8.42 Å². The first-order valence-corrected chi connectivity index (χ1v) is 16.9. The van der Waals surface area contributed by atoms with Crippen LogP contribution in [0.3, 0.4) is 0 Å². The number of nitrogens with one attached hydrogen (secondary N) is 2. The van der Waals surface area contributed by atoms with Crippen molar-refractivity contribution in [2.24, 2.45) is 0 Å². The summed E-state index contributed by atoms with van der Waals surface area (Å²) in [6.07, 6.45) is 3.89. The number of nitrogens with zero attached hydrogens (tertiary/aromatic N) is 6. The number of likely N-dealkylation sites (tertiary alicyclic amines) is 1. The van der Waals surface area contributed by atoms with E-state index in [0.717, 1.165) is 38.4 Å². The molecule has 0 unspecified atom stereocenters. The van der Waals surface area contributed by atoms with Crippen molar-refractivity contribution in [1.29, 1.82) is 0 Å². The SMILES string of the molecule is CCN1CCC(N2CCN(c3ccc(Nc4ncnc(Nc5ccccc5S(=O)(=O)c5ccccc5)n4)c(OC)c3)CC2)CC1. The van der Waals surface area contributed by atoms with Crippen LogP contribution in [0.2, 0.25) is 0 Å². The number of aromatic nitrogens is 3. The van der Waals surface area contributed by atoms with E-state index in [0.29, 0.717) is 29.1 Å². The molecule has 236 valence electrons. The van der Waals surface area contributed by atoms with Crippen molar-refractivity contribution in [2.75, 3.05) is 68.5 Å². The highest BCUT2D eigenvalue weighted by Gasteiger charge is 2.27. The molecule has 2 aliphatic rings. The molecule has 2 fully saturated rings. The maximum absolute atomic E-state index is 13.3. The molecule has 0 atom stereocenters. The van der Waals surface area contributed by atoms with Crippen LogP contribution < -0.4 is 20.3 Å².